The van der Waals surface area contributed by atoms with Crippen molar-refractivity contribution in [2.75, 3.05) is 23.4 Å². The molecule has 0 saturated heterocycles. The third-order valence-electron chi connectivity index (χ3n) is 5.31. The molecular formula is C25H19ClN4O3S. The number of amides is 2. The van der Waals surface area contributed by atoms with Crippen LogP contribution in [0.4, 0.5) is 11.4 Å². The summed E-state index contributed by atoms with van der Waals surface area (Å²) in [5, 5.41) is 4.00. The lowest BCUT2D eigenvalue weighted by molar-refractivity contribution is -0.123. The van der Waals surface area contributed by atoms with Crippen LogP contribution in [-0.2, 0) is 9.59 Å². The molecule has 0 aliphatic carbocycles. The fourth-order valence-electron chi connectivity index (χ4n) is 3.68. The maximum absolute atomic E-state index is 12.7. The Labute approximate surface area is 205 Å². The van der Waals surface area contributed by atoms with Gasteiger partial charge >= 0.3 is 0 Å². The highest BCUT2D eigenvalue weighted by atomic mass is 35.5. The normalized spacial score (nSPS) is 12.8. The minimum Gasteiger partial charge on any atom is -0.482 e. The van der Waals surface area contributed by atoms with Crippen molar-refractivity contribution in [3.63, 3.8) is 0 Å². The van der Waals surface area contributed by atoms with Crippen LogP contribution in [0.15, 0.2) is 66.9 Å². The minimum atomic E-state index is -0.359. The molecule has 34 heavy (non-hydrogen) atoms. The highest BCUT2D eigenvalue weighted by Gasteiger charge is 2.28. The van der Waals surface area contributed by atoms with E-state index in [0.29, 0.717) is 22.1 Å². The molecule has 0 bridgehead atoms. The zero-order valence-corrected chi connectivity index (χ0v) is 19.7. The summed E-state index contributed by atoms with van der Waals surface area (Å²) in [7, 11) is 0. The Bertz CT molecular complexity index is 1390. The summed E-state index contributed by atoms with van der Waals surface area (Å²) >= 11 is 7.70. The first-order valence-electron chi connectivity index (χ1n) is 10.5. The van der Waals surface area contributed by atoms with Crippen LogP contribution in [0.3, 0.4) is 0 Å². The van der Waals surface area contributed by atoms with Gasteiger partial charge in [0, 0.05) is 16.6 Å². The summed E-state index contributed by atoms with van der Waals surface area (Å²) in [5.41, 5.74) is 3.44. The lowest BCUT2D eigenvalue weighted by atomic mass is 10.1. The number of para-hydroxylation sites is 1. The monoisotopic (exact) mass is 490 g/mol. The van der Waals surface area contributed by atoms with Crippen LogP contribution in [0.5, 0.6) is 5.75 Å². The number of carbonyl (C=O) groups is 2. The van der Waals surface area contributed by atoms with Gasteiger partial charge in [-0.15, -0.1) is 11.3 Å². The van der Waals surface area contributed by atoms with Gasteiger partial charge in [-0.05, 0) is 49.4 Å². The third-order valence-corrected chi connectivity index (χ3v) is 6.63. The van der Waals surface area contributed by atoms with E-state index < -0.39 is 0 Å². The smallest absolute Gasteiger partial charge is 0.265 e. The quantitative estimate of drug-likeness (QED) is 0.415. The van der Waals surface area contributed by atoms with Gasteiger partial charge in [0.25, 0.3) is 5.91 Å². The number of benzene rings is 2. The number of aryl methyl sites for hydroxylation is 1. The van der Waals surface area contributed by atoms with E-state index >= 15 is 0 Å². The Kier molecular flexibility index (Phi) is 6.00. The Morgan fingerprint density at radius 2 is 2.00 bits per heavy atom. The molecule has 0 radical (unpaired) electrons. The molecule has 0 fully saturated rings. The van der Waals surface area contributed by atoms with Gasteiger partial charge in [0.05, 0.1) is 27.8 Å². The summed E-state index contributed by atoms with van der Waals surface area (Å²) in [6.45, 7) is 1.69. The van der Waals surface area contributed by atoms with Gasteiger partial charge in [0.2, 0.25) is 5.91 Å². The number of thiazole rings is 1. The van der Waals surface area contributed by atoms with Crippen LogP contribution in [0.25, 0.3) is 22.0 Å². The number of pyridine rings is 1. The second-order valence-electron chi connectivity index (χ2n) is 7.62. The molecule has 1 N–H and O–H groups in total. The van der Waals surface area contributed by atoms with E-state index in [1.54, 1.807) is 47.9 Å². The van der Waals surface area contributed by atoms with Gasteiger partial charge in [-0.1, -0.05) is 29.8 Å². The molecule has 1 aliphatic rings. The van der Waals surface area contributed by atoms with Crippen molar-refractivity contribution in [2.45, 2.75) is 6.92 Å². The third kappa shape index (κ3) is 4.37. The lowest BCUT2D eigenvalue weighted by Crippen LogP contribution is -2.43. The summed E-state index contributed by atoms with van der Waals surface area (Å²) in [5.74, 6) is -0.128. The van der Waals surface area contributed by atoms with Crippen molar-refractivity contribution in [2.24, 2.45) is 0 Å². The zero-order chi connectivity index (χ0) is 23.7. The van der Waals surface area contributed by atoms with Crippen LogP contribution >= 0.6 is 22.9 Å². The van der Waals surface area contributed by atoms with Crippen molar-refractivity contribution in [1.29, 1.82) is 0 Å². The summed E-state index contributed by atoms with van der Waals surface area (Å²) in [4.78, 5) is 37.0. The average Bonchev–Trinajstić information content (AvgIpc) is 3.24. The van der Waals surface area contributed by atoms with Crippen LogP contribution in [-0.4, -0.2) is 34.9 Å². The van der Waals surface area contributed by atoms with Crippen LogP contribution in [0.1, 0.15) is 4.88 Å². The Morgan fingerprint density at radius 3 is 2.79 bits per heavy atom. The average molecular weight is 491 g/mol. The van der Waals surface area contributed by atoms with Crippen molar-refractivity contribution in [3.8, 4) is 27.7 Å². The first kappa shape index (κ1) is 22.1. The highest BCUT2D eigenvalue weighted by molar-refractivity contribution is 7.15. The lowest BCUT2D eigenvalue weighted by Gasteiger charge is -2.29. The largest absolute Gasteiger partial charge is 0.482 e. The Morgan fingerprint density at radius 1 is 1.18 bits per heavy atom. The molecule has 170 valence electrons. The molecular weight excluding hydrogens is 472 g/mol. The highest BCUT2D eigenvalue weighted by Crippen LogP contribution is 2.39. The molecule has 4 aromatic rings. The first-order chi connectivity index (χ1) is 16.5. The molecule has 7 nitrogen and oxygen atoms in total. The number of nitrogens with zero attached hydrogens (tertiary/aromatic N) is 3. The fraction of sp³-hybridized carbons (Fsp3) is 0.120. The molecule has 3 heterocycles. The Balaban J connectivity index is 1.44. The Hall–Kier alpha value is -3.75. The predicted octanol–water partition coefficient (Wildman–Crippen LogP) is 5.20. The van der Waals surface area contributed by atoms with E-state index in [4.69, 9.17) is 21.3 Å². The number of rotatable bonds is 5. The second kappa shape index (κ2) is 9.24. The van der Waals surface area contributed by atoms with Crippen molar-refractivity contribution in [1.82, 2.24) is 9.97 Å². The summed E-state index contributed by atoms with van der Waals surface area (Å²) < 4.78 is 5.61. The zero-order valence-electron chi connectivity index (χ0n) is 18.1. The molecule has 0 saturated carbocycles. The van der Waals surface area contributed by atoms with Gasteiger partial charge in [-0.2, -0.15) is 0 Å². The van der Waals surface area contributed by atoms with E-state index in [1.807, 2.05) is 37.3 Å². The molecule has 2 aromatic carbocycles. The van der Waals surface area contributed by atoms with Crippen LogP contribution < -0.4 is 15.0 Å². The predicted molar refractivity (Wildman–Crippen MR) is 133 cm³/mol. The molecule has 0 spiro atoms. The SMILES string of the molecule is Cc1sc(-c2ccccn2)nc1-c1ccc2c(c1)N(CC(=O)Nc1ccccc1Cl)C(=O)CO2. The van der Waals surface area contributed by atoms with Crippen LogP contribution in [0, 0.1) is 6.92 Å². The number of aromatic nitrogens is 2. The number of hydrogen-bond acceptors (Lipinski definition) is 6. The van der Waals surface area contributed by atoms with Gasteiger partial charge in [-0.3, -0.25) is 19.5 Å². The van der Waals surface area contributed by atoms with Crippen molar-refractivity contribution >= 4 is 46.1 Å². The number of fused-ring (bicyclic) bond motifs is 1. The van der Waals surface area contributed by atoms with E-state index in [2.05, 4.69) is 10.3 Å². The first-order valence-corrected chi connectivity index (χ1v) is 11.7. The maximum atomic E-state index is 12.7. The summed E-state index contributed by atoms with van der Waals surface area (Å²) in [6, 6.07) is 18.2. The van der Waals surface area contributed by atoms with Gasteiger partial charge in [0.1, 0.15) is 17.3 Å². The summed E-state index contributed by atoms with van der Waals surface area (Å²) in [6.07, 6.45) is 1.74. The van der Waals surface area contributed by atoms with Gasteiger partial charge in [-0.25, -0.2) is 4.98 Å². The van der Waals surface area contributed by atoms with Crippen LogP contribution in [0.2, 0.25) is 5.02 Å². The topological polar surface area (TPSA) is 84.4 Å². The number of anilines is 2. The van der Waals surface area contributed by atoms with Crippen molar-refractivity contribution < 1.29 is 14.3 Å². The molecule has 2 aromatic heterocycles. The number of ether oxygens (including phenoxy) is 1. The van der Waals surface area contributed by atoms with Gasteiger partial charge < -0.3 is 10.1 Å². The molecule has 2 amide bonds. The second-order valence-corrected chi connectivity index (χ2v) is 9.23. The number of nitrogens with one attached hydrogen (secondary N) is 1. The van der Waals surface area contributed by atoms with E-state index in [-0.39, 0.29) is 25.0 Å². The fourth-order valence-corrected chi connectivity index (χ4v) is 4.78. The molecule has 5 rings (SSSR count). The van der Waals surface area contributed by atoms with E-state index in [1.165, 1.54) is 4.90 Å². The number of halogens is 1. The molecule has 0 atom stereocenters. The maximum Gasteiger partial charge on any atom is 0.265 e. The van der Waals surface area contributed by atoms with E-state index in [0.717, 1.165) is 26.8 Å². The molecule has 9 heteroatoms. The molecule has 1 aliphatic heterocycles. The standard InChI is InChI=1S/C25H19ClN4O3S/c1-15-24(29-25(34-15)19-8-4-5-11-27-19)16-9-10-21-20(12-16)30(23(32)14-33-21)13-22(31)28-18-7-3-2-6-17(18)26/h2-12H,13-14H2,1H3,(H,28,31). The minimum absolute atomic E-state index is 0.134. The molecule has 0 unspecified atom stereocenters. The van der Waals surface area contributed by atoms with E-state index in [9.17, 15) is 9.59 Å². The van der Waals surface area contributed by atoms with Crippen molar-refractivity contribution in [3.05, 3.63) is 76.8 Å². The number of carbonyl (C=O) groups excluding carboxylic acids is 2. The van der Waals surface area contributed by atoms with Gasteiger partial charge in [0.15, 0.2) is 6.61 Å². The number of hydrogen-bond donors (Lipinski definition) is 1.